The van der Waals surface area contributed by atoms with E-state index in [4.69, 9.17) is 0 Å². The number of nitrogens with one attached hydrogen (secondary N) is 4. The summed E-state index contributed by atoms with van der Waals surface area (Å²) in [5.74, 6) is -0.501. The third-order valence-electron chi connectivity index (χ3n) is 4.25. The summed E-state index contributed by atoms with van der Waals surface area (Å²) in [5.41, 5.74) is -0.188. The number of alkyl halides is 3. The van der Waals surface area contributed by atoms with Crippen molar-refractivity contribution in [2.45, 2.75) is 26.9 Å². The van der Waals surface area contributed by atoms with Crippen LogP contribution in [0.1, 0.15) is 36.7 Å². The van der Waals surface area contributed by atoms with Gasteiger partial charge < -0.3 is 21.3 Å². The number of hydrogen-bond acceptors (Lipinski definition) is 3. The van der Waals surface area contributed by atoms with Gasteiger partial charge in [0.2, 0.25) is 5.91 Å². The monoisotopic (exact) mass is 450 g/mol. The van der Waals surface area contributed by atoms with Crippen molar-refractivity contribution >= 4 is 29.2 Å². The smallest absolute Gasteiger partial charge is 0.350 e. The molecule has 32 heavy (non-hydrogen) atoms. The minimum absolute atomic E-state index is 0.109. The Morgan fingerprint density at radius 2 is 1.25 bits per heavy atom. The van der Waals surface area contributed by atoms with Crippen LogP contribution in [0.15, 0.2) is 48.5 Å². The van der Waals surface area contributed by atoms with Gasteiger partial charge in [0.15, 0.2) is 0 Å². The molecule has 0 aliphatic rings. The van der Waals surface area contributed by atoms with Gasteiger partial charge in [0, 0.05) is 35.4 Å². The lowest BCUT2D eigenvalue weighted by molar-refractivity contribution is -0.137. The first-order chi connectivity index (χ1) is 14.9. The molecule has 0 unspecified atom stereocenters. The molecule has 0 aromatic heterocycles. The van der Waals surface area contributed by atoms with Crippen LogP contribution in [-0.4, -0.2) is 30.9 Å². The minimum Gasteiger partial charge on any atom is -0.350 e. The highest BCUT2D eigenvalue weighted by molar-refractivity contribution is 5.97. The van der Waals surface area contributed by atoms with Crippen molar-refractivity contribution in [2.75, 3.05) is 23.7 Å². The molecule has 4 amide bonds. The van der Waals surface area contributed by atoms with Crippen LogP contribution in [0.4, 0.5) is 29.3 Å². The zero-order valence-corrected chi connectivity index (χ0v) is 17.9. The average Bonchev–Trinajstić information content (AvgIpc) is 2.70. The van der Waals surface area contributed by atoms with Crippen molar-refractivity contribution in [2.24, 2.45) is 5.41 Å². The van der Waals surface area contributed by atoms with E-state index in [0.29, 0.717) is 11.3 Å². The Balaban J connectivity index is 1.73. The summed E-state index contributed by atoms with van der Waals surface area (Å²) in [4.78, 5) is 36.0. The molecule has 0 aliphatic carbocycles. The summed E-state index contributed by atoms with van der Waals surface area (Å²) in [6.07, 6.45) is -4.44. The second-order valence-corrected chi connectivity index (χ2v) is 7.99. The first-order valence-electron chi connectivity index (χ1n) is 9.78. The first-order valence-corrected chi connectivity index (χ1v) is 9.78. The Labute approximate surface area is 183 Å². The van der Waals surface area contributed by atoms with E-state index in [1.165, 1.54) is 0 Å². The van der Waals surface area contributed by atoms with Gasteiger partial charge in [-0.2, -0.15) is 13.2 Å². The minimum atomic E-state index is -4.44. The van der Waals surface area contributed by atoms with Gasteiger partial charge in [-0.3, -0.25) is 9.59 Å². The number of benzene rings is 2. The molecule has 0 bridgehead atoms. The average molecular weight is 450 g/mol. The standard InChI is InChI=1S/C22H25F3N4O3/c1-21(2,3)19(31)28-16-8-4-14(5-9-16)18(30)26-12-13-27-20(32)29-17-10-6-15(7-11-17)22(23,24)25/h4-11H,12-13H2,1-3H3,(H,26,30)(H,28,31)(H2,27,29,32). The fraction of sp³-hybridized carbons (Fsp3) is 0.318. The third-order valence-corrected chi connectivity index (χ3v) is 4.25. The molecule has 0 spiro atoms. The highest BCUT2D eigenvalue weighted by Gasteiger charge is 2.30. The summed E-state index contributed by atoms with van der Waals surface area (Å²) < 4.78 is 37.6. The molecule has 10 heteroatoms. The summed E-state index contributed by atoms with van der Waals surface area (Å²) in [6.45, 7) is 5.63. The molecule has 2 aromatic carbocycles. The van der Waals surface area contributed by atoms with Crippen LogP contribution in [-0.2, 0) is 11.0 Å². The van der Waals surface area contributed by atoms with Crippen LogP contribution in [0.5, 0.6) is 0 Å². The molecule has 0 aliphatic heterocycles. The van der Waals surface area contributed by atoms with Gasteiger partial charge in [-0.15, -0.1) is 0 Å². The van der Waals surface area contributed by atoms with Crippen molar-refractivity contribution in [3.8, 4) is 0 Å². The van der Waals surface area contributed by atoms with E-state index in [1.807, 2.05) is 0 Å². The maximum absolute atomic E-state index is 12.5. The SMILES string of the molecule is CC(C)(C)C(=O)Nc1ccc(C(=O)NCCNC(=O)Nc2ccc(C(F)(F)F)cc2)cc1. The van der Waals surface area contributed by atoms with Crippen LogP contribution in [0.25, 0.3) is 0 Å². The fourth-order valence-electron chi connectivity index (χ4n) is 2.40. The molecule has 0 heterocycles. The van der Waals surface area contributed by atoms with Crippen LogP contribution < -0.4 is 21.3 Å². The highest BCUT2D eigenvalue weighted by atomic mass is 19.4. The third kappa shape index (κ3) is 7.60. The predicted octanol–water partition coefficient (Wildman–Crippen LogP) is 4.24. The lowest BCUT2D eigenvalue weighted by atomic mass is 9.95. The van der Waals surface area contributed by atoms with Gasteiger partial charge in [0.1, 0.15) is 0 Å². The normalized spacial score (nSPS) is 11.4. The van der Waals surface area contributed by atoms with Gasteiger partial charge in [0.25, 0.3) is 5.91 Å². The number of halogens is 3. The molecule has 2 aromatic rings. The number of anilines is 2. The van der Waals surface area contributed by atoms with Crippen molar-refractivity contribution < 1.29 is 27.6 Å². The van der Waals surface area contributed by atoms with Gasteiger partial charge in [-0.1, -0.05) is 20.8 Å². The lowest BCUT2D eigenvalue weighted by Crippen LogP contribution is -2.36. The zero-order valence-electron chi connectivity index (χ0n) is 17.9. The van der Waals surface area contributed by atoms with E-state index >= 15 is 0 Å². The molecular weight excluding hydrogens is 425 g/mol. The van der Waals surface area contributed by atoms with Crippen LogP contribution in [0, 0.1) is 5.41 Å². The van der Waals surface area contributed by atoms with Crippen molar-refractivity contribution in [1.82, 2.24) is 10.6 Å². The summed E-state index contributed by atoms with van der Waals surface area (Å²) >= 11 is 0. The summed E-state index contributed by atoms with van der Waals surface area (Å²) in [5, 5.41) is 10.3. The van der Waals surface area contributed by atoms with Crippen molar-refractivity contribution in [3.63, 3.8) is 0 Å². The van der Waals surface area contributed by atoms with Gasteiger partial charge in [-0.05, 0) is 48.5 Å². The second kappa shape index (κ2) is 10.2. The lowest BCUT2D eigenvalue weighted by Gasteiger charge is -2.17. The van der Waals surface area contributed by atoms with Gasteiger partial charge in [-0.25, -0.2) is 4.79 Å². The number of hydrogen-bond donors (Lipinski definition) is 4. The van der Waals surface area contributed by atoms with E-state index in [0.717, 1.165) is 24.3 Å². The maximum Gasteiger partial charge on any atom is 0.416 e. The van der Waals surface area contributed by atoms with Gasteiger partial charge >= 0.3 is 12.2 Å². The molecule has 172 valence electrons. The molecule has 0 atom stereocenters. The van der Waals surface area contributed by atoms with E-state index < -0.39 is 23.2 Å². The predicted molar refractivity (Wildman–Crippen MR) is 115 cm³/mol. The molecule has 0 saturated carbocycles. The fourth-order valence-corrected chi connectivity index (χ4v) is 2.40. The molecule has 0 radical (unpaired) electrons. The first kappa shape index (κ1) is 24.7. The number of urea groups is 1. The number of amides is 4. The summed E-state index contributed by atoms with van der Waals surface area (Å²) in [6, 6.07) is 9.80. The zero-order chi connectivity index (χ0) is 23.9. The number of carbonyl (C=O) groups is 3. The maximum atomic E-state index is 12.5. The molecule has 4 N–H and O–H groups in total. The van der Waals surface area contributed by atoms with Crippen LogP contribution in [0.3, 0.4) is 0 Å². The molecule has 0 saturated heterocycles. The van der Waals surface area contributed by atoms with E-state index in [9.17, 15) is 27.6 Å². The number of rotatable bonds is 6. The Kier molecular flexibility index (Phi) is 7.85. The molecule has 7 nitrogen and oxygen atoms in total. The molecule has 0 fully saturated rings. The number of carbonyl (C=O) groups excluding carboxylic acids is 3. The van der Waals surface area contributed by atoms with Crippen molar-refractivity contribution in [3.05, 3.63) is 59.7 Å². The quantitative estimate of drug-likeness (QED) is 0.496. The van der Waals surface area contributed by atoms with Crippen LogP contribution >= 0.6 is 0 Å². The molecular formula is C22H25F3N4O3. The molecule has 2 rings (SSSR count). The van der Waals surface area contributed by atoms with E-state index in [2.05, 4.69) is 21.3 Å². The van der Waals surface area contributed by atoms with E-state index in [-0.39, 0.29) is 30.6 Å². The Morgan fingerprint density at radius 1 is 0.750 bits per heavy atom. The Morgan fingerprint density at radius 3 is 1.78 bits per heavy atom. The summed E-state index contributed by atoms with van der Waals surface area (Å²) in [7, 11) is 0. The Hall–Kier alpha value is -3.56. The second-order valence-electron chi connectivity index (χ2n) is 7.99. The highest BCUT2D eigenvalue weighted by Crippen LogP contribution is 2.29. The van der Waals surface area contributed by atoms with Crippen molar-refractivity contribution in [1.29, 1.82) is 0 Å². The van der Waals surface area contributed by atoms with Crippen LogP contribution in [0.2, 0.25) is 0 Å². The largest absolute Gasteiger partial charge is 0.416 e. The Bertz CT molecular complexity index is 950. The topological polar surface area (TPSA) is 99.3 Å². The van der Waals surface area contributed by atoms with Gasteiger partial charge in [0.05, 0.1) is 5.56 Å². The van der Waals surface area contributed by atoms with E-state index in [1.54, 1.807) is 45.0 Å².